The summed E-state index contributed by atoms with van der Waals surface area (Å²) in [6.07, 6.45) is 1.35. The van der Waals surface area contributed by atoms with Crippen LogP contribution in [0.4, 0.5) is 15.8 Å². The predicted octanol–water partition coefficient (Wildman–Crippen LogP) is 3.06. The lowest BCUT2D eigenvalue weighted by molar-refractivity contribution is -0.00696. The maximum Gasteiger partial charge on any atom is 0.279 e. The van der Waals surface area contributed by atoms with E-state index in [2.05, 4.69) is 15.1 Å². The minimum absolute atomic E-state index is 0.0293. The molecule has 0 bridgehead atoms. The molecule has 4 rings (SSSR count). The number of anilines is 2. The van der Waals surface area contributed by atoms with E-state index in [0.717, 1.165) is 29.9 Å². The highest BCUT2D eigenvalue weighted by atomic mass is 19.1. The van der Waals surface area contributed by atoms with Gasteiger partial charge in [0.2, 0.25) is 0 Å². The van der Waals surface area contributed by atoms with E-state index in [1.54, 1.807) is 11.0 Å². The van der Waals surface area contributed by atoms with Crippen LogP contribution in [0.2, 0.25) is 0 Å². The lowest BCUT2D eigenvalue weighted by Gasteiger charge is -2.27. The fraction of sp³-hybridized carbons (Fsp3) is 0.474. The van der Waals surface area contributed by atoms with Gasteiger partial charge < -0.3 is 14.5 Å². The van der Waals surface area contributed by atoms with E-state index in [4.69, 9.17) is 4.74 Å². The average Bonchev–Trinajstić information content (AvgIpc) is 2.94. The Labute approximate surface area is 151 Å². The molecule has 0 saturated heterocycles. The Hall–Kier alpha value is -2.41. The molecule has 2 atom stereocenters. The zero-order chi connectivity index (χ0) is 18.4. The average molecular weight is 358 g/mol. The van der Waals surface area contributed by atoms with E-state index in [-0.39, 0.29) is 23.9 Å². The molecule has 2 aliphatic heterocycles. The number of nitrogens with one attached hydrogen (secondary N) is 1. The first-order valence-electron chi connectivity index (χ1n) is 9.01. The van der Waals surface area contributed by atoms with Crippen LogP contribution in [0.25, 0.3) is 0 Å². The maximum absolute atomic E-state index is 13.9. The molecule has 0 aliphatic carbocycles. The second-order valence-electron chi connectivity index (χ2n) is 7.12. The van der Waals surface area contributed by atoms with Gasteiger partial charge in [-0.25, -0.2) is 4.39 Å². The molecule has 0 radical (unpaired) electrons. The summed E-state index contributed by atoms with van der Waals surface area (Å²) in [4.78, 5) is 17.1. The van der Waals surface area contributed by atoms with Gasteiger partial charge >= 0.3 is 0 Å². The SMILES string of the molecule is C[C@@H]1Cc2c(C(=O)N3CCCN(C)c4ccc(F)cc43)n[nH]c2[C@H](C)O1. The Morgan fingerprint density at radius 1 is 1.31 bits per heavy atom. The summed E-state index contributed by atoms with van der Waals surface area (Å²) in [5.41, 5.74) is 3.64. The summed E-state index contributed by atoms with van der Waals surface area (Å²) in [5, 5.41) is 7.27. The summed E-state index contributed by atoms with van der Waals surface area (Å²) in [6.45, 7) is 5.28. The molecule has 1 N–H and O–H groups in total. The summed E-state index contributed by atoms with van der Waals surface area (Å²) in [7, 11) is 1.96. The second-order valence-corrected chi connectivity index (χ2v) is 7.12. The van der Waals surface area contributed by atoms with Crippen molar-refractivity contribution in [3.8, 4) is 0 Å². The fourth-order valence-electron chi connectivity index (χ4n) is 3.93. The Kier molecular flexibility index (Phi) is 4.19. The lowest BCUT2D eigenvalue weighted by atomic mass is 9.99. The van der Waals surface area contributed by atoms with Crippen molar-refractivity contribution in [2.75, 3.05) is 29.9 Å². The van der Waals surface area contributed by atoms with Crippen LogP contribution in [0.1, 0.15) is 48.1 Å². The molecule has 26 heavy (non-hydrogen) atoms. The number of H-pyrrole nitrogens is 1. The van der Waals surface area contributed by atoms with E-state index in [1.807, 2.05) is 20.9 Å². The van der Waals surface area contributed by atoms with Crippen LogP contribution in [0.3, 0.4) is 0 Å². The van der Waals surface area contributed by atoms with E-state index in [0.29, 0.717) is 24.3 Å². The van der Waals surface area contributed by atoms with Crippen LogP contribution in [0, 0.1) is 5.82 Å². The second kappa shape index (κ2) is 6.39. The van der Waals surface area contributed by atoms with Gasteiger partial charge in [-0.15, -0.1) is 0 Å². The number of aromatic amines is 1. The van der Waals surface area contributed by atoms with Crippen molar-refractivity contribution >= 4 is 17.3 Å². The monoisotopic (exact) mass is 358 g/mol. The Morgan fingerprint density at radius 2 is 2.12 bits per heavy atom. The number of aromatic nitrogens is 2. The molecule has 2 aromatic rings. The number of hydrogen-bond donors (Lipinski definition) is 1. The number of halogens is 1. The number of ether oxygens (including phenoxy) is 1. The van der Waals surface area contributed by atoms with Gasteiger partial charge in [-0.1, -0.05) is 0 Å². The van der Waals surface area contributed by atoms with Gasteiger partial charge in [-0.2, -0.15) is 5.10 Å². The largest absolute Gasteiger partial charge is 0.373 e. The van der Waals surface area contributed by atoms with Gasteiger partial charge in [0.25, 0.3) is 5.91 Å². The standard InChI is InChI=1S/C19H23FN4O2/c1-11-9-14-17(12(2)26-11)21-22-18(14)19(25)24-8-4-7-23(3)15-6-5-13(20)10-16(15)24/h5-6,10-12H,4,7-9H2,1-3H3,(H,21,22)/t11-,12+/m1/s1. The molecule has 1 aromatic carbocycles. The number of fused-ring (bicyclic) bond motifs is 2. The number of hydrogen-bond acceptors (Lipinski definition) is 4. The Bertz CT molecular complexity index is 850. The van der Waals surface area contributed by atoms with Gasteiger partial charge in [-0.05, 0) is 38.5 Å². The van der Waals surface area contributed by atoms with E-state index in [9.17, 15) is 9.18 Å². The molecule has 6 nitrogen and oxygen atoms in total. The van der Waals surface area contributed by atoms with Crippen LogP contribution >= 0.6 is 0 Å². The highest BCUT2D eigenvalue weighted by Gasteiger charge is 2.33. The van der Waals surface area contributed by atoms with Crippen LogP contribution in [0.15, 0.2) is 18.2 Å². The quantitative estimate of drug-likeness (QED) is 0.851. The molecule has 1 aromatic heterocycles. The molecule has 7 heteroatoms. The molecular formula is C19H23FN4O2. The first-order chi connectivity index (χ1) is 12.5. The first kappa shape index (κ1) is 17.0. The molecule has 0 saturated carbocycles. The van der Waals surface area contributed by atoms with Gasteiger partial charge in [0.1, 0.15) is 5.82 Å². The van der Waals surface area contributed by atoms with Crippen molar-refractivity contribution in [1.82, 2.24) is 10.2 Å². The molecule has 2 aliphatic rings. The third-order valence-corrected chi connectivity index (χ3v) is 5.20. The van der Waals surface area contributed by atoms with Crippen molar-refractivity contribution in [2.24, 2.45) is 0 Å². The summed E-state index contributed by atoms with van der Waals surface area (Å²) >= 11 is 0. The van der Waals surface area contributed by atoms with Crippen molar-refractivity contribution in [3.63, 3.8) is 0 Å². The zero-order valence-corrected chi connectivity index (χ0v) is 15.3. The van der Waals surface area contributed by atoms with Crippen molar-refractivity contribution in [3.05, 3.63) is 41.0 Å². The molecule has 0 unspecified atom stereocenters. The van der Waals surface area contributed by atoms with Gasteiger partial charge in [0.05, 0.1) is 29.3 Å². The number of rotatable bonds is 1. The van der Waals surface area contributed by atoms with Crippen LogP contribution in [0.5, 0.6) is 0 Å². The Morgan fingerprint density at radius 3 is 2.92 bits per heavy atom. The maximum atomic E-state index is 13.9. The fourth-order valence-corrected chi connectivity index (χ4v) is 3.93. The molecule has 138 valence electrons. The van der Waals surface area contributed by atoms with E-state index in [1.165, 1.54) is 12.1 Å². The molecular weight excluding hydrogens is 335 g/mol. The summed E-state index contributed by atoms with van der Waals surface area (Å²) in [6, 6.07) is 4.59. The smallest absolute Gasteiger partial charge is 0.279 e. The van der Waals surface area contributed by atoms with E-state index < -0.39 is 0 Å². The molecule has 0 fully saturated rings. The minimum Gasteiger partial charge on any atom is -0.373 e. The zero-order valence-electron chi connectivity index (χ0n) is 15.3. The van der Waals surface area contributed by atoms with E-state index >= 15 is 0 Å². The predicted molar refractivity (Wildman–Crippen MR) is 97.2 cm³/mol. The number of amides is 1. The summed E-state index contributed by atoms with van der Waals surface area (Å²) < 4.78 is 19.7. The minimum atomic E-state index is -0.350. The highest BCUT2D eigenvalue weighted by molar-refractivity contribution is 6.07. The summed E-state index contributed by atoms with van der Waals surface area (Å²) in [5.74, 6) is -0.539. The van der Waals surface area contributed by atoms with Crippen molar-refractivity contribution < 1.29 is 13.9 Å². The number of carbonyl (C=O) groups excluding carboxylic acids is 1. The van der Waals surface area contributed by atoms with Crippen LogP contribution in [-0.4, -0.2) is 42.3 Å². The van der Waals surface area contributed by atoms with Crippen molar-refractivity contribution in [2.45, 2.75) is 38.9 Å². The highest BCUT2D eigenvalue weighted by Crippen LogP contribution is 2.35. The third-order valence-electron chi connectivity index (χ3n) is 5.20. The topological polar surface area (TPSA) is 61.5 Å². The van der Waals surface area contributed by atoms with Crippen molar-refractivity contribution in [1.29, 1.82) is 0 Å². The number of nitrogens with zero attached hydrogens (tertiary/aromatic N) is 3. The normalized spacial score (nSPS) is 22.6. The van der Waals surface area contributed by atoms with Gasteiger partial charge in [-0.3, -0.25) is 9.89 Å². The number of carbonyl (C=O) groups is 1. The van der Waals surface area contributed by atoms with Gasteiger partial charge in [0, 0.05) is 32.1 Å². The van der Waals surface area contributed by atoms with Crippen LogP contribution in [-0.2, 0) is 11.2 Å². The molecule has 1 amide bonds. The molecule has 0 spiro atoms. The third kappa shape index (κ3) is 2.76. The molecule has 3 heterocycles. The lowest BCUT2D eigenvalue weighted by Crippen LogP contribution is -2.33. The Balaban J connectivity index is 1.76. The van der Waals surface area contributed by atoms with Crippen LogP contribution < -0.4 is 9.80 Å². The first-order valence-corrected chi connectivity index (χ1v) is 9.01. The number of benzene rings is 1. The van der Waals surface area contributed by atoms with Gasteiger partial charge in [0.15, 0.2) is 5.69 Å².